The Morgan fingerprint density at radius 1 is 0.850 bits per heavy atom. The van der Waals surface area contributed by atoms with Crippen LogP contribution in [0.3, 0.4) is 0 Å². The van der Waals surface area contributed by atoms with Crippen molar-refractivity contribution in [1.29, 1.82) is 0 Å². The molecule has 4 atom stereocenters. The first-order valence-corrected chi connectivity index (χ1v) is 14.3. The van der Waals surface area contributed by atoms with Gasteiger partial charge in [0.05, 0.1) is 22.5 Å². The van der Waals surface area contributed by atoms with Gasteiger partial charge in [0.1, 0.15) is 11.3 Å². The Hall–Kier alpha value is -2.91. The third-order valence-electron chi connectivity index (χ3n) is 8.11. The monoisotopic (exact) mass is 555 g/mol. The number of rotatable bonds is 6. The average molecular weight is 556 g/mol. The number of hydrogen-bond acceptors (Lipinski definition) is 6. The van der Waals surface area contributed by atoms with Gasteiger partial charge >= 0.3 is 6.18 Å². The lowest BCUT2D eigenvalue weighted by Gasteiger charge is -2.36. The van der Waals surface area contributed by atoms with Gasteiger partial charge in [-0.15, -0.1) is 0 Å². The normalized spacial score (nSPS) is 24.9. The highest BCUT2D eigenvalue weighted by atomic mass is 19.4. The topological polar surface area (TPSA) is 64.5 Å². The number of hydrogen-bond donors (Lipinski definition) is 2. The molecule has 2 saturated heterocycles. The number of phenols is 1. The fourth-order valence-electron chi connectivity index (χ4n) is 6.84. The predicted molar refractivity (Wildman–Crippen MR) is 152 cm³/mol. The second kappa shape index (κ2) is 11.5. The average Bonchev–Trinajstić information content (AvgIpc) is 2.85. The molecule has 2 aromatic heterocycles. The minimum Gasteiger partial charge on any atom is -0.505 e. The van der Waals surface area contributed by atoms with Crippen LogP contribution in [0.4, 0.5) is 24.5 Å². The number of benzene rings is 1. The fourth-order valence-corrected chi connectivity index (χ4v) is 6.84. The number of aromatic nitrogens is 2. The van der Waals surface area contributed by atoms with Crippen LogP contribution in [0.2, 0.25) is 0 Å². The molecule has 216 valence electrons. The Morgan fingerprint density at radius 3 is 2.05 bits per heavy atom. The van der Waals surface area contributed by atoms with Crippen LogP contribution in [0.25, 0.3) is 11.0 Å². The Bertz CT molecular complexity index is 1330. The Labute approximate surface area is 234 Å². The number of nitrogens with one attached hydrogen (secondary N) is 1. The van der Waals surface area contributed by atoms with Crippen LogP contribution in [0.1, 0.15) is 57.2 Å². The molecule has 2 aliphatic heterocycles. The molecule has 5 rings (SSSR count). The molecular weight excluding hydrogens is 515 g/mol. The van der Waals surface area contributed by atoms with Gasteiger partial charge in [-0.25, -0.2) is 0 Å². The number of nitrogens with zero attached hydrogens (tertiary/aromatic N) is 4. The molecule has 2 fully saturated rings. The van der Waals surface area contributed by atoms with Crippen molar-refractivity contribution in [3.63, 3.8) is 0 Å². The van der Waals surface area contributed by atoms with Crippen molar-refractivity contribution in [3.8, 4) is 5.75 Å². The van der Waals surface area contributed by atoms with Gasteiger partial charge < -0.3 is 10.4 Å². The molecule has 6 nitrogen and oxygen atoms in total. The number of pyridine rings is 2. The van der Waals surface area contributed by atoms with Gasteiger partial charge in [-0.1, -0.05) is 27.7 Å². The van der Waals surface area contributed by atoms with Gasteiger partial charge in [0.25, 0.3) is 0 Å². The number of fused-ring (bicyclic) bond motifs is 1. The predicted octanol–water partition coefficient (Wildman–Crippen LogP) is 7.05. The Balaban J connectivity index is 1.49. The summed E-state index contributed by atoms with van der Waals surface area (Å²) >= 11 is 0. The summed E-state index contributed by atoms with van der Waals surface area (Å²) in [7, 11) is 0. The van der Waals surface area contributed by atoms with Gasteiger partial charge in [-0.05, 0) is 66.3 Å². The summed E-state index contributed by atoms with van der Waals surface area (Å²) in [4.78, 5) is 13.1. The van der Waals surface area contributed by atoms with E-state index >= 15 is 0 Å². The number of likely N-dealkylation sites (tertiary alicyclic amines) is 2. The molecule has 3 aromatic rings. The van der Waals surface area contributed by atoms with Crippen molar-refractivity contribution in [2.45, 2.75) is 59.8 Å². The Kier molecular flexibility index (Phi) is 8.25. The maximum atomic E-state index is 13.3. The van der Waals surface area contributed by atoms with Crippen LogP contribution in [0, 0.1) is 23.7 Å². The van der Waals surface area contributed by atoms with Crippen molar-refractivity contribution in [1.82, 2.24) is 19.8 Å². The number of halogens is 3. The Morgan fingerprint density at radius 2 is 1.45 bits per heavy atom. The highest BCUT2D eigenvalue weighted by molar-refractivity contribution is 5.90. The molecule has 2 aliphatic rings. The van der Waals surface area contributed by atoms with E-state index in [2.05, 4.69) is 58.8 Å². The second-order valence-electron chi connectivity index (χ2n) is 12.5. The van der Waals surface area contributed by atoms with E-state index in [0.717, 1.165) is 56.1 Å². The minimum absolute atomic E-state index is 0.142. The molecular formula is C31H40F3N5O. The van der Waals surface area contributed by atoms with Gasteiger partial charge in [0.2, 0.25) is 0 Å². The number of phenolic OH excluding ortho intramolecular Hbond substituents is 1. The van der Waals surface area contributed by atoms with Crippen LogP contribution in [-0.4, -0.2) is 51.1 Å². The summed E-state index contributed by atoms with van der Waals surface area (Å²) in [6, 6.07) is 6.76. The molecule has 1 aromatic carbocycles. The highest BCUT2D eigenvalue weighted by Crippen LogP contribution is 2.37. The van der Waals surface area contributed by atoms with E-state index in [4.69, 9.17) is 0 Å². The third-order valence-corrected chi connectivity index (χ3v) is 8.11. The van der Waals surface area contributed by atoms with Crippen LogP contribution >= 0.6 is 0 Å². The molecule has 4 unspecified atom stereocenters. The molecule has 0 spiro atoms. The van der Waals surface area contributed by atoms with Gasteiger partial charge in [-0.2, -0.15) is 13.2 Å². The fraction of sp³-hybridized carbons (Fsp3) is 0.548. The lowest BCUT2D eigenvalue weighted by Crippen LogP contribution is -2.38. The summed E-state index contributed by atoms with van der Waals surface area (Å²) in [6.07, 6.45) is 0.225. The zero-order valence-corrected chi connectivity index (χ0v) is 23.8. The number of aromatic hydroxyl groups is 1. The molecule has 9 heteroatoms. The number of alkyl halides is 3. The first-order chi connectivity index (χ1) is 18.9. The van der Waals surface area contributed by atoms with Crippen LogP contribution < -0.4 is 5.32 Å². The summed E-state index contributed by atoms with van der Waals surface area (Å²) in [5.74, 6) is 2.61. The molecule has 0 radical (unpaired) electrons. The van der Waals surface area contributed by atoms with Crippen LogP contribution in [-0.2, 0) is 19.3 Å². The van der Waals surface area contributed by atoms with Gasteiger partial charge in [0, 0.05) is 57.2 Å². The maximum Gasteiger partial charge on any atom is 0.417 e. The molecule has 0 aliphatic carbocycles. The van der Waals surface area contributed by atoms with E-state index in [1.165, 1.54) is 19.0 Å². The highest BCUT2D eigenvalue weighted by Gasteiger charge is 2.31. The zero-order valence-electron chi connectivity index (χ0n) is 23.8. The number of piperidine rings is 2. The van der Waals surface area contributed by atoms with E-state index < -0.39 is 11.7 Å². The summed E-state index contributed by atoms with van der Waals surface area (Å²) in [6.45, 7) is 14.6. The smallest absolute Gasteiger partial charge is 0.417 e. The SMILES string of the molecule is CC1CC(C)CN(Cc2cc(CN3CC(C)CC(C)C3)c(O)c(Nc3ccnc4cc(C(F)(F)F)cnc34)c2)C1. The van der Waals surface area contributed by atoms with E-state index in [0.29, 0.717) is 47.1 Å². The lowest BCUT2D eigenvalue weighted by molar-refractivity contribution is -0.137. The molecule has 0 amide bonds. The molecule has 4 heterocycles. The second-order valence-corrected chi connectivity index (χ2v) is 12.5. The first-order valence-electron chi connectivity index (χ1n) is 14.3. The largest absolute Gasteiger partial charge is 0.505 e. The molecule has 0 bridgehead atoms. The van der Waals surface area contributed by atoms with Crippen molar-refractivity contribution in [3.05, 3.63) is 53.3 Å². The lowest BCUT2D eigenvalue weighted by atomic mass is 9.91. The summed E-state index contributed by atoms with van der Waals surface area (Å²) < 4.78 is 39.8. The van der Waals surface area contributed by atoms with Crippen molar-refractivity contribution in [2.75, 3.05) is 31.5 Å². The molecule has 2 N–H and O–H groups in total. The molecule has 0 saturated carbocycles. The standard InChI is InChI=1S/C31H40F3N5O/c1-19-7-20(2)14-38(13-19)17-23-9-24(18-39-15-21(3)8-22(4)16-39)30(40)28(10-23)37-26-5-6-35-27-11-25(31(32,33)34)12-36-29(26)27/h5-6,9-12,19-22,40H,7-8,13-18H2,1-4H3,(H,35,37). The summed E-state index contributed by atoms with van der Waals surface area (Å²) in [5, 5.41) is 14.8. The maximum absolute atomic E-state index is 13.3. The van der Waals surface area contributed by atoms with Crippen LogP contribution in [0.15, 0.2) is 36.7 Å². The van der Waals surface area contributed by atoms with E-state index in [1.54, 1.807) is 6.07 Å². The first kappa shape index (κ1) is 28.6. The number of anilines is 2. The minimum atomic E-state index is -4.50. The van der Waals surface area contributed by atoms with Gasteiger partial charge in [-0.3, -0.25) is 19.8 Å². The van der Waals surface area contributed by atoms with Crippen LogP contribution in [0.5, 0.6) is 5.75 Å². The van der Waals surface area contributed by atoms with E-state index in [9.17, 15) is 18.3 Å². The zero-order chi connectivity index (χ0) is 28.6. The quantitative estimate of drug-likeness (QED) is 0.318. The van der Waals surface area contributed by atoms with Crippen molar-refractivity contribution < 1.29 is 18.3 Å². The van der Waals surface area contributed by atoms with Crippen molar-refractivity contribution in [2.24, 2.45) is 23.7 Å². The summed E-state index contributed by atoms with van der Waals surface area (Å²) in [5.41, 5.74) is 2.59. The van der Waals surface area contributed by atoms with E-state index in [1.807, 2.05) is 6.07 Å². The molecule has 40 heavy (non-hydrogen) atoms. The third kappa shape index (κ3) is 6.69. The van der Waals surface area contributed by atoms with Crippen molar-refractivity contribution >= 4 is 22.4 Å². The van der Waals surface area contributed by atoms with Gasteiger partial charge in [0.15, 0.2) is 0 Å². The van der Waals surface area contributed by atoms with E-state index in [-0.39, 0.29) is 11.3 Å².